The molecule has 8 heteroatoms. The number of amides is 1. The number of carbonyl (C=O) groups excluding carboxylic acids is 1. The summed E-state index contributed by atoms with van der Waals surface area (Å²) in [5.41, 5.74) is 6.34. The van der Waals surface area contributed by atoms with Crippen LogP contribution < -0.4 is 11.1 Å². The minimum absolute atomic E-state index is 0.0538. The van der Waals surface area contributed by atoms with E-state index in [2.05, 4.69) is 15.3 Å². The van der Waals surface area contributed by atoms with E-state index in [1.54, 1.807) is 19.1 Å². The lowest BCUT2D eigenvalue weighted by Gasteiger charge is -2.04. The maximum Gasteiger partial charge on any atom is 0.274 e. The molecule has 1 aromatic carbocycles. The van der Waals surface area contributed by atoms with Crippen molar-refractivity contribution in [1.29, 1.82) is 0 Å². The Kier molecular flexibility index (Phi) is 3.15. The van der Waals surface area contributed by atoms with Crippen LogP contribution in [0.5, 0.6) is 0 Å². The van der Waals surface area contributed by atoms with Crippen LogP contribution in [0.4, 0.5) is 17.3 Å². The number of H-pyrrole nitrogens is 1. The number of aromatic amines is 1. The molecule has 0 spiro atoms. The van der Waals surface area contributed by atoms with Gasteiger partial charge in [0.2, 0.25) is 0 Å². The first kappa shape index (κ1) is 12.6. The van der Waals surface area contributed by atoms with Crippen molar-refractivity contribution in [2.45, 2.75) is 6.92 Å². The predicted molar refractivity (Wildman–Crippen MR) is 68.8 cm³/mol. The zero-order valence-corrected chi connectivity index (χ0v) is 10.0. The molecule has 8 nitrogen and oxygen atoms in total. The van der Waals surface area contributed by atoms with E-state index >= 15 is 0 Å². The van der Waals surface area contributed by atoms with E-state index in [1.165, 1.54) is 12.3 Å². The number of hydrogen-bond acceptors (Lipinski definition) is 5. The van der Waals surface area contributed by atoms with E-state index in [0.717, 1.165) is 0 Å². The van der Waals surface area contributed by atoms with Gasteiger partial charge in [0.05, 0.1) is 11.1 Å². The monoisotopic (exact) mass is 261 g/mol. The Hall–Kier alpha value is -2.90. The van der Waals surface area contributed by atoms with Crippen molar-refractivity contribution < 1.29 is 9.72 Å². The van der Waals surface area contributed by atoms with Gasteiger partial charge in [0.25, 0.3) is 11.6 Å². The number of aromatic nitrogens is 2. The summed E-state index contributed by atoms with van der Waals surface area (Å²) in [5.74, 6) is -0.345. The van der Waals surface area contributed by atoms with Gasteiger partial charge in [-0.2, -0.15) is 0 Å². The SMILES string of the molecule is Cc1ccc(NC(=O)c2cnc(N)[nH]2)cc1[N+](=O)[O-]. The fourth-order valence-electron chi connectivity index (χ4n) is 1.53. The van der Waals surface area contributed by atoms with Gasteiger partial charge in [-0.1, -0.05) is 6.07 Å². The molecule has 1 aromatic heterocycles. The highest BCUT2D eigenvalue weighted by Crippen LogP contribution is 2.22. The number of aryl methyl sites for hydroxylation is 1. The number of hydrogen-bond donors (Lipinski definition) is 3. The Morgan fingerprint density at radius 2 is 2.26 bits per heavy atom. The summed E-state index contributed by atoms with van der Waals surface area (Å²) in [6.45, 7) is 1.62. The number of nitrogens with two attached hydrogens (primary N) is 1. The van der Waals surface area contributed by atoms with E-state index in [0.29, 0.717) is 11.3 Å². The van der Waals surface area contributed by atoms with Gasteiger partial charge in [0.1, 0.15) is 5.69 Å². The number of nitro benzene ring substituents is 1. The molecular weight excluding hydrogens is 250 g/mol. The molecule has 19 heavy (non-hydrogen) atoms. The Morgan fingerprint density at radius 3 is 2.84 bits per heavy atom. The molecule has 4 N–H and O–H groups in total. The van der Waals surface area contributed by atoms with Crippen molar-refractivity contribution >= 4 is 23.2 Å². The maximum atomic E-state index is 11.8. The summed E-state index contributed by atoms with van der Waals surface area (Å²) in [7, 11) is 0. The molecule has 0 aliphatic heterocycles. The molecule has 1 heterocycles. The van der Waals surface area contributed by atoms with Gasteiger partial charge < -0.3 is 16.0 Å². The lowest BCUT2D eigenvalue weighted by atomic mass is 10.2. The maximum absolute atomic E-state index is 11.8. The van der Waals surface area contributed by atoms with Crippen molar-refractivity contribution in [3.05, 3.63) is 45.8 Å². The summed E-state index contributed by atoms with van der Waals surface area (Å²) < 4.78 is 0. The highest BCUT2D eigenvalue weighted by molar-refractivity contribution is 6.03. The van der Waals surface area contributed by atoms with Crippen molar-refractivity contribution in [2.75, 3.05) is 11.1 Å². The average Bonchev–Trinajstić information content (AvgIpc) is 2.78. The van der Waals surface area contributed by atoms with E-state index in [-0.39, 0.29) is 17.3 Å². The van der Waals surface area contributed by atoms with Crippen molar-refractivity contribution in [2.24, 2.45) is 0 Å². The Balaban J connectivity index is 2.22. The van der Waals surface area contributed by atoms with Gasteiger partial charge in [0, 0.05) is 17.3 Å². The molecule has 0 atom stereocenters. The topological polar surface area (TPSA) is 127 Å². The molecule has 0 bridgehead atoms. The number of nitrogens with one attached hydrogen (secondary N) is 2. The molecule has 0 saturated heterocycles. The molecule has 0 radical (unpaired) electrons. The van der Waals surface area contributed by atoms with Crippen LogP contribution in [0.15, 0.2) is 24.4 Å². The normalized spacial score (nSPS) is 10.2. The molecule has 98 valence electrons. The fraction of sp³-hybridized carbons (Fsp3) is 0.0909. The Labute approximate surface area is 107 Å². The summed E-state index contributed by atoms with van der Waals surface area (Å²) in [6, 6.07) is 4.45. The second-order valence-electron chi connectivity index (χ2n) is 3.89. The van der Waals surface area contributed by atoms with Crippen LogP contribution in [0.2, 0.25) is 0 Å². The Bertz CT molecular complexity index is 650. The van der Waals surface area contributed by atoms with Gasteiger partial charge in [-0.15, -0.1) is 0 Å². The minimum atomic E-state index is -0.501. The highest BCUT2D eigenvalue weighted by Gasteiger charge is 2.14. The Morgan fingerprint density at radius 1 is 1.53 bits per heavy atom. The van der Waals surface area contributed by atoms with E-state index < -0.39 is 10.8 Å². The standard InChI is InChI=1S/C11H11N5O3/c1-6-2-3-7(4-9(6)16(18)19)14-10(17)8-5-13-11(12)15-8/h2-5H,1H3,(H,14,17)(H3,12,13,15). The molecule has 2 rings (SSSR count). The third-order valence-electron chi connectivity index (χ3n) is 2.50. The van der Waals surface area contributed by atoms with Crippen LogP contribution in [-0.2, 0) is 0 Å². The molecule has 0 aliphatic rings. The first-order chi connectivity index (χ1) is 8.97. The van der Waals surface area contributed by atoms with Gasteiger partial charge in [-0.3, -0.25) is 14.9 Å². The number of rotatable bonds is 3. The predicted octanol–water partition coefficient (Wildman–Crippen LogP) is 1.46. The summed E-state index contributed by atoms with van der Waals surface area (Å²) >= 11 is 0. The molecule has 0 aliphatic carbocycles. The van der Waals surface area contributed by atoms with Gasteiger partial charge in [0.15, 0.2) is 5.95 Å². The van der Waals surface area contributed by atoms with Crippen molar-refractivity contribution in [3.8, 4) is 0 Å². The van der Waals surface area contributed by atoms with E-state index in [9.17, 15) is 14.9 Å². The van der Waals surface area contributed by atoms with E-state index in [4.69, 9.17) is 5.73 Å². The number of benzene rings is 1. The van der Waals surface area contributed by atoms with Crippen molar-refractivity contribution in [1.82, 2.24) is 9.97 Å². The lowest BCUT2D eigenvalue weighted by Crippen LogP contribution is -2.12. The summed E-state index contributed by atoms with van der Waals surface area (Å²) in [5, 5.41) is 13.3. The van der Waals surface area contributed by atoms with Crippen molar-refractivity contribution in [3.63, 3.8) is 0 Å². The second kappa shape index (κ2) is 4.77. The van der Waals surface area contributed by atoms with Crippen LogP contribution in [0.25, 0.3) is 0 Å². The molecule has 1 amide bonds. The largest absolute Gasteiger partial charge is 0.369 e. The minimum Gasteiger partial charge on any atom is -0.369 e. The average molecular weight is 261 g/mol. The number of nitrogen functional groups attached to an aromatic ring is 1. The van der Waals surface area contributed by atoms with E-state index in [1.807, 2.05) is 0 Å². The molecule has 0 saturated carbocycles. The zero-order valence-electron chi connectivity index (χ0n) is 10.0. The summed E-state index contributed by atoms with van der Waals surface area (Å²) in [6.07, 6.45) is 1.28. The zero-order chi connectivity index (χ0) is 14.0. The first-order valence-electron chi connectivity index (χ1n) is 5.34. The van der Waals surface area contributed by atoms with Crippen LogP contribution in [0.3, 0.4) is 0 Å². The van der Waals surface area contributed by atoms with Gasteiger partial charge in [-0.05, 0) is 13.0 Å². The number of anilines is 2. The van der Waals surface area contributed by atoms with Crippen LogP contribution >= 0.6 is 0 Å². The van der Waals surface area contributed by atoms with Gasteiger partial charge >= 0.3 is 0 Å². The number of carbonyl (C=O) groups is 1. The quantitative estimate of drug-likeness (QED) is 0.569. The fourth-order valence-corrected chi connectivity index (χ4v) is 1.53. The molecule has 0 unspecified atom stereocenters. The number of nitro groups is 1. The third-order valence-corrected chi connectivity index (χ3v) is 2.50. The molecule has 0 fully saturated rings. The van der Waals surface area contributed by atoms with Crippen LogP contribution in [0.1, 0.15) is 16.1 Å². The highest BCUT2D eigenvalue weighted by atomic mass is 16.6. The lowest BCUT2D eigenvalue weighted by molar-refractivity contribution is -0.385. The number of imidazole rings is 1. The van der Waals surface area contributed by atoms with Gasteiger partial charge in [-0.25, -0.2) is 4.98 Å². The smallest absolute Gasteiger partial charge is 0.274 e. The van der Waals surface area contributed by atoms with Crippen LogP contribution in [-0.4, -0.2) is 20.8 Å². The van der Waals surface area contributed by atoms with Crippen LogP contribution in [0, 0.1) is 17.0 Å². The second-order valence-corrected chi connectivity index (χ2v) is 3.89. The number of nitrogens with zero attached hydrogens (tertiary/aromatic N) is 2. The molecule has 2 aromatic rings. The summed E-state index contributed by atoms with van der Waals surface area (Å²) in [4.78, 5) is 28.3. The first-order valence-corrected chi connectivity index (χ1v) is 5.34. The molecular formula is C11H11N5O3. The third kappa shape index (κ3) is 2.68.